The van der Waals surface area contributed by atoms with Gasteiger partial charge in [0, 0.05) is 18.3 Å². The van der Waals surface area contributed by atoms with Gasteiger partial charge in [-0.2, -0.15) is 5.10 Å². The van der Waals surface area contributed by atoms with E-state index in [1.54, 1.807) is 36.5 Å². The fourth-order valence-corrected chi connectivity index (χ4v) is 3.97. The molecule has 0 radical (unpaired) electrons. The highest BCUT2D eigenvalue weighted by Crippen LogP contribution is 2.37. The quantitative estimate of drug-likeness (QED) is 0.532. The van der Waals surface area contributed by atoms with Crippen molar-refractivity contribution in [1.82, 2.24) is 14.6 Å². The lowest BCUT2D eigenvalue weighted by Crippen LogP contribution is -2.25. The molecule has 2 aromatic carbocycles. The van der Waals surface area contributed by atoms with Gasteiger partial charge in [0.15, 0.2) is 5.65 Å². The van der Waals surface area contributed by atoms with Gasteiger partial charge < -0.3 is 10.2 Å². The number of carbonyl (C=O) groups excluding carboxylic acids is 1. The molecule has 0 saturated carbocycles. The van der Waals surface area contributed by atoms with Crippen molar-refractivity contribution in [2.24, 2.45) is 0 Å². The van der Waals surface area contributed by atoms with Gasteiger partial charge in [0.05, 0.1) is 18.8 Å². The number of anilines is 2. The number of para-hydroxylation sites is 1. The Bertz CT molecular complexity index is 1240. The molecule has 4 aromatic rings. The second-order valence-corrected chi connectivity index (χ2v) is 7.49. The van der Waals surface area contributed by atoms with E-state index in [0.717, 1.165) is 0 Å². The van der Waals surface area contributed by atoms with Crippen LogP contribution in [0.2, 0.25) is 0 Å². The minimum Gasteiger partial charge on any atom is -0.346 e. The smallest absolute Gasteiger partial charge is 0.261 e. The van der Waals surface area contributed by atoms with Crippen LogP contribution >= 0.6 is 0 Å². The number of halogens is 2. The first-order valence-electron chi connectivity index (χ1n) is 9.95. The highest BCUT2D eigenvalue weighted by atomic mass is 19.1. The lowest BCUT2D eigenvalue weighted by atomic mass is 10.0. The summed E-state index contributed by atoms with van der Waals surface area (Å²) in [7, 11) is 0. The largest absolute Gasteiger partial charge is 0.346 e. The van der Waals surface area contributed by atoms with Crippen LogP contribution in [-0.2, 0) is 0 Å². The Morgan fingerprint density at radius 1 is 1.10 bits per heavy atom. The third-order valence-corrected chi connectivity index (χ3v) is 5.41. The van der Waals surface area contributed by atoms with Gasteiger partial charge in [-0.15, -0.1) is 0 Å². The molecule has 2 unspecified atom stereocenters. The van der Waals surface area contributed by atoms with E-state index in [2.05, 4.69) is 15.4 Å². The molecule has 1 fully saturated rings. The Labute approximate surface area is 177 Å². The van der Waals surface area contributed by atoms with Crippen LogP contribution in [0, 0.1) is 5.82 Å². The first-order chi connectivity index (χ1) is 15.1. The Morgan fingerprint density at radius 2 is 1.94 bits per heavy atom. The zero-order valence-electron chi connectivity index (χ0n) is 16.5. The third kappa shape index (κ3) is 3.72. The average molecular weight is 419 g/mol. The summed E-state index contributed by atoms with van der Waals surface area (Å²) in [5.74, 6) is -0.188. The molecule has 2 atom stereocenters. The van der Waals surface area contributed by atoms with E-state index in [-0.39, 0.29) is 30.7 Å². The van der Waals surface area contributed by atoms with E-state index < -0.39 is 6.17 Å². The van der Waals surface area contributed by atoms with E-state index >= 15 is 0 Å². The van der Waals surface area contributed by atoms with Crippen LogP contribution in [0.3, 0.4) is 0 Å². The summed E-state index contributed by atoms with van der Waals surface area (Å²) in [6.45, 7) is 0.143. The lowest BCUT2D eigenvalue weighted by Gasteiger charge is -2.25. The molecular formula is C23H19F2N5O. The zero-order chi connectivity index (χ0) is 21.4. The molecule has 1 N–H and O–H groups in total. The Morgan fingerprint density at radius 3 is 2.74 bits per heavy atom. The molecule has 156 valence electrons. The fourth-order valence-electron chi connectivity index (χ4n) is 3.97. The molecule has 2 aromatic heterocycles. The predicted molar refractivity (Wildman–Crippen MR) is 113 cm³/mol. The van der Waals surface area contributed by atoms with Crippen LogP contribution in [0.1, 0.15) is 28.4 Å². The second-order valence-electron chi connectivity index (χ2n) is 7.49. The van der Waals surface area contributed by atoms with E-state index in [9.17, 15) is 13.6 Å². The number of aromatic nitrogens is 3. The summed E-state index contributed by atoms with van der Waals surface area (Å²) in [5.41, 5.74) is 2.03. The molecule has 1 amide bonds. The van der Waals surface area contributed by atoms with Crippen LogP contribution < -0.4 is 10.2 Å². The first kappa shape index (κ1) is 19.2. The minimum atomic E-state index is -1.06. The number of nitrogens with one attached hydrogen (secondary N) is 1. The van der Waals surface area contributed by atoms with E-state index in [1.807, 2.05) is 23.1 Å². The van der Waals surface area contributed by atoms with Gasteiger partial charge >= 0.3 is 0 Å². The maximum atomic E-state index is 14.4. The maximum Gasteiger partial charge on any atom is 0.261 e. The van der Waals surface area contributed by atoms with Crippen molar-refractivity contribution in [3.8, 4) is 0 Å². The Hall–Kier alpha value is -3.81. The van der Waals surface area contributed by atoms with Crippen molar-refractivity contribution in [1.29, 1.82) is 0 Å². The molecule has 8 heteroatoms. The van der Waals surface area contributed by atoms with Crippen molar-refractivity contribution in [3.63, 3.8) is 0 Å². The number of fused-ring (bicyclic) bond motifs is 1. The number of alkyl halides is 1. The summed E-state index contributed by atoms with van der Waals surface area (Å²) < 4.78 is 29.6. The van der Waals surface area contributed by atoms with Gasteiger partial charge in [-0.05, 0) is 35.9 Å². The van der Waals surface area contributed by atoms with Gasteiger partial charge in [0.25, 0.3) is 5.91 Å². The third-order valence-electron chi connectivity index (χ3n) is 5.41. The van der Waals surface area contributed by atoms with Crippen LogP contribution in [0.5, 0.6) is 0 Å². The second kappa shape index (κ2) is 7.79. The van der Waals surface area contributed by atoms with Crippen molar-refractivity contribution >= 4 is 23.1 Å². The van der Waals surface area contributed by atoms with Gasteiger partial charge in [-0.3, -0.25) is 4.79 Å². The molecule has 31 heavy (non-hydrogen) atoms. The monoisotopic (exact) mass is 419 g/mol. The summed E-state index contributed by atoms with van der Waals surface area (Å²) in [6, 6.07) is 16.7. The van der Waals surface area contributed by atoms with E-state index in [1.165, 1.54) is 22.8 Å². The van der Waals surface area contributed by atoms with Crippen molar-refractivity contribution in [3.05, 3.63) is 90.0 Å². The maximum absolute atomic E-state index is 14.4. The number of nitrogens with zero attached hydrogens (tertiary/aromatic N) is 4. The van der Waals surface area contributed by atoms with Crippen LogP contribution in [-0.4, -0.2) is 33.2 Å². The number of hydrogen-bond donors (Lipinski definition) is 1. The van der Waals surface area contributed by atoms with Crippen LogP contribution in [0.25, 0.3) is 5.65 Å². The number of rotatable bonds is 4. The standard InChI is InChI=1S/C23H19F2N5O/c24-16-6-4-5-15(11-16)20-12-17(25)14-29(20)21-9-10-30-22(28-21)19(13-26-30)23(31)27-18-7-2-1-3-8-18/h1-11,13,17,20H,12,14H2,(H,27,31). The summed E-state index contributed by atoms with van der Waals surface area (Å²) in [6.07, 6.45) is 2.33. The normalized spacial score (nSPS) is 18.5. The van der Waals surface area contributed by atoms with E-state index in [0.29, 0.717) is 28.3 Å². The molecule has 1 saturated heterocycles. The Kier molecular flexibility index (Phi) is 4.82. The Balaban J connectivity index is 1.49. The van der Waals surface area contributed by atoms with Crippen molar-refractivity contribution < 1.29 is 13.6 Å². The first-order valence-corrected chi connectivity index (χ1v) is 9.95. The van der Waals surface area contributed by atoms with Crippen LogP contribution in [0.15, 0.2) is 73.1 Å². The average Bonchev–Trinajstić information content (AvgIpc) is 3.37. The molecule has 0 spiro atoms. The van der Waals surface area contributed by atoms with Gasteiger partial charge in [-0.25, -0.2) is 18.3 Å². The molecular weight excluding hydrogens is 400 g/mol. The number of hydrogen-bond acceptors (Lipinski definition) is 4. The number of amides is 1. The molecule has 1 aliphatic heterocycles. The predicted octanol–water partition coefficient (Wildman–Crippen LogP) is 4.41. The topological polar surface area (TPSA) is 62.5 Å². The van der Waals surface area contributed by atoms with Crippen LogP contribution in [0.4, 0.5) is 20.3 Å². The van der Waals surface area contributed by atoms with Crippen molar-refractivity contribution in [2.45, 2.75) is 18.6 Å². The minimum absolute atomic E-state index is 0.143. The highest BCUT2D eigenvalue weighted by Gasteiger charge is 2.34. The molecule has 0 aliphatic carbocycles. The molecule has 3 heterocycles. The van der Waals surface area contributed by atoms with Gasteiger partial charge in [0.2, 0.25) is 0 Å². The molecule has 0 bridgehead atoms. The fraction of sp³-hybridized carbons (Fsp3) is 0.174. The molecule has 5 rings (SSSR count). The SMILES string of the molecule is O=C(Nc1ccccc1)c1cnn2ccc(N3CC(F)CC3c3cccc(F)c3)nc12. The zero-order valence-corrected chi connectivity index (χ0v) is 16.5. The highest BCUT2D eigenvalue weighted by molar-refractivity contribution is 6.08. The van der Waals surface area contributed by atoms with Crippen molar-refractivity contribution in [2.75, 3.05) is 16.8 Å². The summed E-state index contributed by atoms with van der Waals surface area (Å²) in [4.78, 5) is 19.2. The lowest BCUT2D eigenvalue weighted by molar-refractivity contribution is 0.102. The number of benzene rings is 2. The molecule has 6 nitrogen and oxygen atoms in total. The molecule has 1 aliphatic rings. The van der Waals surface area contributed by atoms with E-state index in [4.69, 9.17) is 0 Å². The van der Waals surface area contributed by atoms with Gasteiger partial charge in [-0.1, -0.05) is 30.3 Å². The summed E-state index contributed by atoms with van der Waals surface area (Å²) in [5, 5.41) is 7.03. The summed E-state index contributed by atoms with van der Waals surface area (Å²) >= 11 is 0. The number of carbonyl (C=O) groups is 1. The van der Waals surface area contributed by atoms with Gasteiger partial charge in [0.1, 0.15) is 23.4 Å².